The summed E-state index contributed by atoms with van der Waals surface area (Å²) in [6, 6.07) is 23.1. The van der Waals surface area contributed by atoms with Gasteiger partial charge in [0.05, 0.1) is 26.3 Å². The van der Waals surface area contributed by atoms with Gasteiger partial charge in [-0.25, -0.2) is 4.79 Å². The maximum atomic E-state index is 13.0. The molecule has 0 spiro atoms. The number of benzene rings is 3. The number of carbonyl (C=O) groups excluding carboxylic acids is 3. The molecule has 8 heteroatoms. The standard InChI is InChI=1S/C28H28N2O6/c1-30(18-26(31)29-22-13-9-14-23(17-22)34-2)27(32)19-36-28(33)24(20-10-5-4-6-11-20)16-21-12-7-8-15-25(21)35-3/h4-17H,18-19H2,1-3H3,(H,29,31)/b24-16+. The van der Waals surface area contributed by atoms with Crippen LogP contribution in [0.25, 0.3) is 11.6 Å². The summed E-state index contributed by atoms with van der Waals surface area (Å²) in [5, 5.41) is 2.70. The van der Waals surface area contributed by atoms with E-state index >= 15 is 0 Å². The molecule has 0 radical (unpaired) electrons. The number of nitrogens with one attached hydrogen (secondary N) is 1. The van der Waals surface area contributed by atoms with Gasteiger partial charge in [0.15, 0.2) is 6.61 Å². The van der Waals surface area contributed by atoms with Gasteiger partial charge in [0.25, 0.3) is 5.91 Å². The van der Waals surface area contributed by atoms with E-state index in [4.69, 9.17) is 14.2 Å². The minimum absolute atomic E-state index is 0.212. The number of hydrogen-bond acceptors (Lipinski definition) is 6. The Bertz CT molecular complexity index is 1240. The molecule has 0 aliphatic heterocycles. The van der Waals surface area contributed by atoms with Crippen LogP contribution >= 0.6 is 0 Å². The maximum absolute atomic E-state index is 13.0. The SMILES string of the molecule is COc1cccc(NC(=O)CN(C)C(=O)COC(=O)/C(=C/c2ccccc2OC)c2ccccc2)c1. The molecule has 3 aromatic rings. The van der Waals surface area contributed by atoms with Gasteiger partial charge in [-0.1, -0.05) is 54.6 Å². The third-order valence-corrected chi connectivity index (χ3v) is 5.23. The molecule has 186 valence electrons. The lowest BCUT2D eigenvalue weighted by atomic mass is 10.0. The number of anilines is 1. The van der Waals surface area contributed by atoms with Gasteiger partial charge in [-0.05, 0) is 29.8 Å². The highest BCUT2D eigenvalue weighted by Gasteiger charge is 2.19. The second-order valence-electron chi connectivity index (χ2n) is 7.77. The van der Waals surface area contributed by atoms with E-state index in [1.54, 1.807) is 67.8 Å². The molecule has 0 heterocycles. The summed E-state index contributed by atoms with van der Waals surface area (Å²) in [6.07, 6.45) is 1.66. The van der Waals surface area contributed by atoms with E-state index in [1.807, 2.05) is 24.3 Å². The van der Waals surface area contributed by atoms with Gasteiger partial charge < -0.3 is 24.4 Å². The van der Waals surface area contributed by atoms with Crippen LogP contribution in [0.2, 0.25) is 0 Å². The smallest absolute Gasteiger partial charge is 0.339 e. The van der Waals surface area contributed by atoms with E-state index in [-0.39, 0.29) is 12.1 Å². The lowest BCUT2D eigenvalue weighted by Gasteiger charge is -2.17. The lowest BCUT2D eigenvalue weighted by molar-refractivity contribution is -0.147. The number of esters is 1. The Morgan fingerprint density at radius 1 is 0.889 bits per heavy atom. The predicted molar refractivity (Wildman–Crippen MR) is 138 cm³/mol. The molecular formula is C28H28N2O6. The summed E-state index contributed by atoms with van der Waals surface area (Å²) < 4.78 is 15.8. The van der Waals surface area contributed by atoms with Crippen LogP contribution in [0.5, 0.6) is 11.5 Å². The molecule has 2 amide bonds. The van der Waals surface area contributed by atoms with Crippen LogP contribution in [-0.4, -0.2) is 57.1 Å². The number of methoxy groups -OCH3 is 2. The third-order valence-electron chi connectivity index (χ3n) is 5.23. The Labute approximate surface area is 210 Å². The zero-order valence-corrected chi connectivity index (χ0v) is 20.4. The number of nitrogens with zero attached hydrogens (tertiary/aromatic N) is 1. The van der Waals surface area contributed by atoms with Crippen molar-refractivity contribution in [3.8, 4) is 11.5 Å². The summed E-state index contributed by atoms with van der Waals surface area (Å²) in [7, 11) is 4.54. The number of para-hydroxylation sites is 1. The third kappa shape index (κ3) is 7.20. The van der Waals surface area contributed by atoms with Gasteiger partial charge in [0.2, 0.25) is 5.91 Å². The van der Waals surface area contributed by atoms with Crippen LogP contribution < -0.4 is 14.8 Å². The first-order valence-electron chi connectivity index (χ1n) is 11.2. The van der Waals surface area contributed by atoms with Crippen LogP contribution in [0.15, 0.2) is 78.9 Å². The molecule has 8 nitrogen and oxygen atoms in total. The number of hydrogen-bond donors (Lipinski definition) is 1. The monoisotopic (exact) mass is 488 g/mol. The number of rotatable bonds is 10. The Kier molecular flexibility index (Phi) is 9.22. The molecule has 0 aliphatic carbocycles. The first-order valence-corrected chi connectivity index (χ1v) is 11.2. The highest BCUT2D eigenvalue weighted by molar-refractivity contribution is 6.22. The minimum Gasteiger partial charge on any atom is -0.497 e. The zero-order valence-electron chi connectivity index (χ0n) is 20.4. The van der Waals surface area contributed by atoms with Crippen LogP contribution in [0.1, 0.15) is 11.1 Å². The largest absolute Gasteiger partial charge is 0.497 e. The summed E-state index contributed by atoms with van der Waals surface area (Å²) in [5.74, 6) is -0.397. The van der Waals surface area contributed by atoms with Crippen LogP contribution in [0.4, 0.5) is 5.69 Å². The van der Waals surface area contributed by atoms with Crippen molar-refractivity contribution in [1.82, 2.24) is 4.90 Å². The molecular weight excluding hydrogens is 460 g/mol. The number of carbonyl (C=O) groups is 3. The maximum Gasteiger partial charge on any atom is 0.339 e. The average molecular weight is 489 g/mol. The fourth-order valence-corrected chi connectivity index (χ4v) is 3.34. The van der Waals surface area contributed by atoms with Crippen molar-refractivity contribution in [3.63, 3.8) is 0 Å². The van der Waals surface area contributed by atoms with Gasteiger partial charge >= 0.3 is 5.97 Å². The number of ether oxygens (including phenoxy) is 3. The summed E-state index contributed by atoms with van der Waals surface area (Å²) in [6.45, 7) is -0.728. The summed E-state index contributed by atoms with van der Waals surface area (Å²) in [5.41, 5.74) is 2.13. The molecule has 0 saturated heterocycles. The average Bonchev–Trinajstić information content (AvgIpc) is 2.90. The summed E-state index contributed by atoms with van der Waals surface area (Å²) in [4.78, 5) is 39.1. The van der Waals surface area contributed by atoms with E-state index in [9.17, 15) is 14.4 Å². The fraction of sp³-hybridized carbons (Fsp3) is 0.179. The Morgan fingerprint density at radius 3 is 2.33 bits per heavy atom. The van der Waals surface area contributed by atoms with Crippen molar-refractivity contribution < 1.29 is 28.6 Å². The van der Waals surface area contributed by atoms with Gasteiger partial charge in [-0.15, -0.1) is 0 Å². The van der Waals surface area contributed by atoms with Crippen LogP contribution in [-0.2, 0) is 19.1 Å². The minimum atomic E-state index is -0.672. The first-order chi connectivity index (χ1) is 17.4. The molecule has 36 heavy (non-hydrogen) atoms. The second-order valence-corrected chi connectivity index (χ2v) is 7.77. The van der Waals surface area contributed by atoms with Gasteiger partial charge in [-0.3, -0.25) is 9.59 Å². The molecule has 0 saturated carbocycles. The van der Waals surface area contributed by atoms with E-state index in [1.165, 1.54) is 19.1 Å². The number of amides is 2. The molecule has 0 aliphatic rings. The molecule has 0 atom stereocenters. The highest BCUT2D eigenvalue weighted by atomic mass is 16.5. The molecule has 0 bridgehead atoms. The summed E-state index contributed by atoms with van der Waals surface area (Å²) >= 11 is 0. The highest BCUT2D eigenvalue weighted by Crippen LogP contribution is 2.25. The molecule has 0 fully saturated rings. The van der Waals surface area contributed by atoms with Crippen LogP contribution in [0.3, 0.4) is 0 Å². The van der Waals surface area contributed by atoms with E-state index in [0.29, 0.717) is 28.3 Å². The van der Waals surface area contributed by atoms with Crippen molar-refractivity contribution >= 4 is 35.1 Å². The van der Waals surface area contributed by atoms with E-state index in [0.717, 1.165) is 0 Å². The van der Waals surface area contributed by atoms with Crippen molar-refractivity contribution in [2.45, 2.75) is 0 Å². The molecule has 3 aromatic carbocycles. The van der Waals surface area contributed by atoms with Crippen molar-refractivity contribution in [1.29, 1.82) is 0 Å². The molecule has 1 N–H and O–H groups in total. The second kappa shape index (κ2) is 12.8. The zero-order chi connectivity index (χ0) is 25.9. The lowest BCUT2D eigenvalue weighted by Crippen LogP contribution is -2.37. The quantitative estimate of drug-likeness (QED) is 0.264. The number of likely N-dealkylation sites (N-methyl/N-ethyl adjacent to an activating group) is 1. The Hall–Kier alpha value is -4.59. The Balaban J connectivity index is 1.65. The fourth-order valence-electron chi connectivity index (χ4n) is 3.34. The first kappa shape index (κ1) is 26.0. The Morgan fingerprint density at radius 2 is 1.61 bits per heavy atom. The molecule has 3 rings (SSSR count). The van der Waals surface area contributed by atoms with E-state index < -0.39 is 24.4 Å². The molecule has 0 unspecified atom stereocenters. The van der Waals surface area contributed by atoms with Crippen molar-refractivity contribution in [2.24, 2.45) is 0 Å². The topological polar surface area (TPSA) is 94.2 Å². The predicted octanol–water partition coefficient (Wildman–Crippen LogP) is 3.88. The van der Waals surface area contributed by atoms with Gasteiger partial charge in [0.1, 0.15) is 11.5 Å². The van der Waals surface area contributed by atoms with Crippen LogP contribution in [0, 0.1) is 0 Å². The van der Waals surface area contributed by atoms with Gasteiger partial charge in [0, 0.05) is 24.4 Å². The van der Waals surface area contributed by atoms with Crippen molar-refractivity contribution in [2.75, 3.05) is 39.7 Å². The normalized spacial score (nSPS) is 10.8. The van der Waals surface area contributed by atoms with Gasteiger partial charge in [-0.2, -0.15) is 0 Å². The van der Waals surface area contributed by atoms with Crippen molar-refractivity contribution in [3.05, 3.63) is 90.0 Å². The van der Waals surface area contributed by atoms with E-state index in [2.05, 4.69) is 5.32 Å². The molecule has 0 aromatic heterocycles.